The molecule has 2 heterocycles. The second-order valence-electron chi connectivity index (χ2n) is 8.03. The highest BCUT2D eigenvalue weighted by Gasteiger charge is 2.22. The number of anilines is 2. The van der Waals surface area contributed by atoms with Crippen molar-refractivity contribution in [2.24, 2.45) is 0 Å². The number of piperazine rings is 1. The smallest absolute Gasteiger partial charge is 0.264 e. The van der Waals surface area contributed by atoms with Crippen LogP contribution in [0.15, 0.2) is 60.0 Å². The van der Waals surface area contributed by atoms with Gasteiger partial charge in [0.15, 0.2) is 5.11 Å². The second-order valence-corrected chi connectivity index (χ2v) is 9.39. The van der Waals surface area contributed by atoms with Gasteiger partial charge in [0.25, 0.3) is 11.8 Å². The van der Waals surface area contributed by atoms with Gasteiger partial charge >= 0.3 is 0 Å². The molecule has 3 aromatic rings. The Morgan fingerprint density at radius 2 is 1.70 bits per heavy atom. The summed E-state index contributed by atoms with van der Waals surface area (Å²) in [5, 5.41) is 8.00. The van der Waals surface area contributed by atoms with Gasteiger partial charge in [0.2, 0.25) is 0 Å². The number of carbonyl (C=O) groups is 2. The second kappa shape index (κ2) is 10.1. The van der Waals surface area contributed by atoms with Gasteiger partial charge in [-0.1, -0.05) is 23.8 Å². The van der Waals surface area contributed by atoms with E-state index in [9.17, 15) is 9.59 Å². The SMILES string of the molecule is Cc1ccc(C(=O)NC(=S)Nc2ccc(N3CCN(C(=O)c4cccs4)CC3)cc2)c(C)c1. The number of nitrogens with zero attached hydrogens (tertiary/aromatic N) is 2. The predicted molar refractivity (Wildman–Crippen MR) is 138 cm³/mol. The molecule has 2 amide bonds. The number of rotatable bonds is 4. The van der Waals surface area contributed by atoms with E-state index >= 15 is 0 Å². The number of hydrogen-bond donors (Lipinski definition) is 2. The van der Waals surface area contributed by atoms with E-state index in [1.165, 1.54) is 11.3 Å². The summed E-state index contributed by atoms with van der Waals surface area (Å²) in [4.78, 5) is 30.0. The maximum absolute atomic E-state index is 12.5. The topological polar surface area (TPSA) is 64.7 Å². The normalized spacial score (nSPS) is 13.5. The zero-order valence-corrected chi connectivity index (χ0v) is 20.3. The molecule has 0 saturated carbocycles. The Hall–Kier alpha value is -3.23. The van der Waals surface area contributed by atoms with Crippen LogP contribution in [-0.2, 0) is 0 Å². The Bertz CT molecular complexity index is 1150. The lowest BCUT2D eigenvalue weighted by Crippen LogP contribution is -2.48. The highest BCUT2D eigenvalue weighted by Crippen LogP contribution is 2.21. The first-order valence-electron chi connectivity index (χ1n) is 10.8. The van der Waals surface area contributed by atoms with Crippen molar-refractivity contribution in [3.05, 3.63) is 81.5 Å². The summed E-state index contributed by atoms with van der Waals surface area (Å²) < 4.78 is 0. The van der Waals surface area contributed by atoms with E-state index in [1.54, 1.807) is 0 Å². The van der Waals surface area contributed by atoms with E-state index in [0.29, 0.717) is 18.7 Å². The highest BCUT2D eigenvalue weighted by molar-refractivity contribution is 7.80. The van der Waals surface area contributed by atoms with E-state index in [0.717, 1.165) is 40.5 Å². The fraction of sp³-hybridized carbons (Fsp3) is 0.240. The van der Waals surface area contributed by atoms with Gasteiger partial charge in [-0.15, -0.1) is 11.3 Å². The van der Waals surface area contributed by atoms with Crippen molar-refractivity contribution in [2.45, 2.75) is 13.8 Å². The molecule has 170 valence electrons. The summed E-state index contributed by atoms with van der Waals surface area (Å²) in [6.45, 7) is 6.88. The number of carbonyl (C=O) groups excluding carboxylic acids is 2. The van der Waals surface area contributed by atoms with Crippen LogP contribution in [-0.4, -0.2) is 48.0 Å². The molecule has 2 N–H and O–H groups in total. The number of thiophene rings is 1. The van der Waals surface area contributed by atoms with E-state index in [-0.39, 0.29) is 16.9 Å². The molecule has 0 spiro atoms. The van der Waals surface area contributed by atoms with Gasteiger partial charge in [0.05, 0.1) is 4.88 Å². The molecule has 33 heavy (non-hydrogen) atoms. The number of hydrogen-bond acceptors (Lipinski definition) is 5. The van der Waals surface area contributed by atoms with Crippen molar-refractivity contribution in [2.75, 3.05) is 36.4 Å². The molecule has 2 aromatic carbocycles. The third kappa shape index (κ3) is 5.58. The van der Waals surface area contributed by atoms with Crippen LogP contribution in [0.25, 0.3) is 0 Å². The van der Waals surface area contributed by atoms with E-state index in [4.69, 9.17) is 12.2 Å². The first kappa shape index (κ1) is 22.9. The molecular formula is C25H26N4O2S2. The minimum Gasteiger partial charge on any atom is -0.368 e. The largest absolute Gasteiger partial charge is 0.368 e. The van der Waals surface area contributed by atoms with Crippen molar-refractivity contribution >= 4 is 51.9 Å². The molecule has 1 fully saturated rings. The van der Waals surface area contributed by atoms with Gasteiger partial charge in [0, 0.05) is 43.1 Å². The minimum atomic E-state index is -0.225. The highest BCUT2D eigenvalue weighted by atomic mass is 32.1. The first-order valence-corrected chi connectivity index (χ1v) is 12.1. The van der Waals surface area contributed by atoms with Gasteiger partial charge in [-0.25, -0.2) is 0 Å². The average Bonchev–Trinajstić information content (AvgIpc) is 3.34. The van der Waals surface area contributed by atoms with Crippen LogP contribution < -0.4 is 15.5 Å². The van der Waals surface area contributed by atoms with Crippen molar-refractivity contribution in [1.82, 2.24) is 10.2 Å². The van der Waals surface area contributed by atoms with E-state index in [2.05, 4.69) is 15.5 Å². The quantitative estimate of drug-likeness (QED) is 0.543. The zero-order chi connectivity index (χ0) is 23.4. The molecule has 0 bridgehead atoms. The van der Waals surface area contributed by atoms with Crippen LogP contribution >= 0.6 is 23.6 Å². The molecule has 1 aromatic heterocycles. The molecule has 1 saturated heterocycles. The number of amides is 2. The van der Waals surface area contributed by atoms with E-state index < -0.39 is 0 Å². The first-order chi connectivity index (χ1) is 15.9. The van der Waals surface area contributed by atoms with Gasteiger partial charge < -0.3 is 15.1 Å². The van der Waals surface area contributed by atoms with Crippen molar-refractivity contribution in [1.29, 1.82) is 0 Å². The zero-order valence-electron chi connectivity index (χ0n) is 18.6. The molecule has 1 aliphatic heterocycles. The Labute approximate surface area is 203 Å². The molecule has 1 aliphatic rings. The summed E-state index contributed by atoms with van der Waals surface area (Å²) in [5.41, 5.74) is 4.53. The van der Waals surface area contributed by atoms with Crippen LogP contribution in [0.3, 0.4) is 0 Å². The maximum atomic E-state index is 12.5. The lowest BCUT2D eigenvalue weighted by atomic mass is 10.1. The third-order valence-electron chi connectivity index (χ3n) is 5.64. The fourth-order valence-corrected chi connectivity index (χ4v) is 4.78. The minimum absolute atomic E-state index is 0.112. The molecule has 0 radical (unpaired) electrons. The summed E-state index contributed by atoms with van der Waals surface area (Å²) in [7, 11) is 0. The fourth-order valence-electron chi connectivity index (χ4n) is 3.88. The van der Waals surface area contributed by atoms with Gasteiger partial charge in [0.1, 0.15) is 0 Å². The van der Waals surface area contributed by atoms with Crippen LogP contribution in [0.1, 0.15) is 31.2 Å². The van der Waals surface area contributed by atoms with Crippen LogP contribution in [0.4, 0.5) is 11.4 Å². The van der Waals surface area contributed by atoms with Crippen molar-refractivity contribution in [3.8, 4) is 0 Å². The molecule has 4 rings (SSSR count). The van der Waals surface area contributed by atoms with Crippen LogP contribution in [0, 0.1) is 13.8 Å². The van der Waals surface area contributed by atoms with Gasteiger partial charge in [-0.3, -0.25) is 14.9 Å². The maximum Gasteiger partial charge on any atom is 0.264 e. The summed E-state index contributed by atoms with van der Waals surface area (Å²) in [6, 6.07) is 17.4. The van der Waals surface area contributed by atoms with Crippen LogP contribution in [0.2, 0.25) is 0 Å². The van der Waals surface area contributed by atoms with E-state index in [1.807, 2.05) is 78.7 Å². The molecule has 8 heteroatoms. The lowest BCUT2D eigenvalue weighted by molar-refractivity contribution is 0.0751. The summed E-state index contributed by atoms with van der Waals surface area (Å²) >= 11 is 6.80. The predicted octanol–water partition coefficient (Wildman–Crippen LogP) is 4.45. The molecule has 0 atom stereocenters. The molecular weight excluding hydrogens is 452 g/mol. The number of aryl methyl sites for hydroxylation is 2. The monoisotopic (exact) mass is 478 g/mol. The third-order valence-corrected chi connectivity index (χ3v) is 6.70. The number of thiocarbonyl (C=S) groups is 1. The summed E-state index contributed by atoms with van der Waals surface area (Å²) in [5.74, 6) is -0.114. The Morgan fingerprint density at radius 1 is 0.970 bits per heavy atom. The standard InChI is InChI=1S/C25H26N4O2S2/c1-17-5-10-21(18(2)16-17)23(30)27-25(32)26-19-6-8-20(9-7-19)28-11-13-29(14-12-28)24(31)22-4-3-15-33-22/h3-10,15-16H,11-14H2,1-2H3,(H2,26,27,30,32). The Balaban J connectivity index is 1.29. The number of nitrogens with one attached hydrogen (secondary N) is 2. The van der Waals surface area contributed by atoms with Gasteiger partial charge in [-0.2, -0.15) is 0 Å². The average molecular weight is 479 g/mol. The molecule has 0 unspecified atom stereocenters. The lowest BCUT2D eigenvalue weighted by Gasteiger charge is -2.36. The Morgan fingerprint density at radius 3 is 2.33 bits per heavy atom. The Kier molecular flexibility index (Phi) is 7.05. The molecule has 6 nitrogen and oxygen atoms in total. The molecule has 0 aliphatic carbocycles. The van der Waals surface area contributed by atoms with Gasteiger partial charge in [-0.05, 0) is 73.4 Å². The van der Waals surface area contributed by atoms with Crippen molar-refractivity contribution in [3.63, 3.8) is 0 Å². The number of benzene rings is 2. The summed E-state index contributed by atoms with van der Waals surface area (Å²) in [6.07, 6.45) is 0. The van der Waals surface area contributed by atoms with Crippen molar-refractivity contribution < 1.29 is 9.59 Å². The van der Waals surface area contributed by atoms with Crippen LogP contribution in [0.5, 0.6) is 0 Å².